The number of aliphatic imine (C=N–C) groups is 1. The Kier molecular flexibility index (Phi) is 5.72. The first-order valence-electron chi connectivity index (χ1n) is 13.0. The van der Waals surface area contributed by atoms with Crippen molar-refractivity contribution >= 4 is 46.4 Å². The highest BCUT2D eigenvalue weighted by molar-refractivity contribution is 6.31. The maximum atomic E-state index is 13.8. The Morgan fingerprint density at radius 3 is 1.95 bits per heavy atom. The minimum Gasteiger partial charge on any atom is -0.497 e. The third-order valence-electron chi connectivity index (χ3n) is 8.38. The summed E-state index contributed by atoms with van der Waals surface area (Å²) >= 11 is 6.50. The molecule has 0 bridgehead atoms. The number of amides is 2. The van der Waals surface area contributed by atoms with Crippen LogP contribution in [0.25, 0.3) is 0 Å². The smallest absolute Gasteiger partial charge is 0.241 e. The van der Waals surface area contributed by atoms with Crippen molar-refractivity contribution in [3.05, 3.63) is 77.3 Å². The van der Waals surface area contributed by atoms with Gasteiger partial charge in [-0.1, -0.05) is 11.6 Å². The largest absolute Gasteiger partial charge is 0.497 e. The van der Waals surface area contributed by atoms with Crippen LogP contribution < -0.4 is 19.3 Å². The fourth-order valence-corrected chi connectivity index (χ4v) is 6.24. The molecule has 2 saturated heterocycles. The molecule has 0 radical (unpaired) electrons. The monoisotopic (exact) mass is 559 g/mol. The third kappa shape index (κ3) is 3.29. The van der Waals surface area contributed by atoms with Crippen molar-refractivity contribution in [1.82, 2.24) is 0 Å². The van der Waals surface area contributed by atoms with Crippen LogP contribution in [-0.4, -0.2) is 38.2 Å². The van der Waals surface area contributed by atoms with Crippen molar-refractivity contribution in [2.75, 3.05) is 24.0 Å². The standard InChI is InChI=1S/C31H30ClN3O5/c1-29(2)26(36)34(19-8-12-21(38-5)13-9-19)28(29)40-25-31(23-17-18(32)7-16-24(23)33-25)30(3,4)27(37)35(31)20-10-14-22(39-6)15-11-20/h7-17,28H,1-6H3/t28-,31+/m0/s1. The molecule has 6 rings (SSSR count). The number of ether oxygens (including phenoxy) is 3. The van der Waals surface area contributed by atoms with E-state index < -0.39 is 22.6 Å². The molecule has 2 amide bonds. The molecule has 206 valence electrons. The van der Waals surface area contributed by atoms with E-state index in [1.807, 2.05) is 76.2 Å². The van der Waals surface area contributed by atoms with E-state index >= 15 is 0 Å². The van der Waals surface area contributed by atoms with Crippen LogP contribution in [0.4, 0.5) is 17.1 Å². The number of carbonyl (C=O) groups is 2. The van der Waals surface area contributed by atoms with E-state index in [9.17, 15) is 9.59 Å². The van der Waals surface area contributed by atoms with Gasteiger partial charge in [0.25, 0.3) is 0 Å². The summed E-state index contributed by atoms with van der Waals surface area (Å²) < 4.78 is 17.4. The first kappa shape index (κ1) is 26.2. The Morgan fingerprint density at radius 2 is 1.38 bits per heavy atom. The number of benzene rings is 3. The lowest BCUT2D eigenvalue weighted by molar-refractivity contribution is -0.151. The minimum absolute atomic E-state index is 0.0770. The second-order valence-corrected chi connectivity index (χ2v) is 11.8. The van der Waals surface area contributed by atoms with Gasteiger partial charge in [-0.25, -0.2) is 4.99 Å². The summed E-state index contributed by atoms with van der Waals surface area (Å²) in [4.78, 5) is 35.4. The fraction of sp³-hybridized carbons (Fsp3) is 0.323. The van der Waals surface area contributed by atoms with Crippen LogP contribution in [0.1, 0.15) is 33.3 Å². The van der Waals surface area contributed by atoms with Gasteiger partial charge < -0.3 is 14.2 Å². The summed E-state index contributed by atoms with van der Waals surface area (Å²) in [5, 5.41) is 0.526. The molecule has 2 fully saturated rings. The van der Waals surface area contributed by atoms with E-state index in [0.717, 1.165) is 5.56 Å². The number of anilines is 2. The average Bonchev–Trinajstić information content (AvgIpc) is 3.28. The van der Waals surface area contributed by atoms with E-state index in [-0.39, 0.29) is 11.8 Å². The molecule has 0 unspecified atom stereocenters. The molecule has 0 N–H and O–H groups in total. The van der Waals surface area contributed by atoms with Crippen molar-refractivity contribution in [3.63, 3.8) is 0 Å². The Balaban J connectivity index is 1.47. The molecule has 3 aliphatic rings. The first-order valence-corrected chi connectivity index (χ1v) is 13.4. The average molecular weight is 560 g/mol. The molecule has 0 saturated carbocycles. The molecule has 8 nitrogen and oxygen atoms in total. The van der Waals surface area contributed by atoms with Crippen LogP contribution in [-0.2, 0) is 19.9 Å². The van der Waals surface area contributed by atoms with Crippen LogP contribution in [0.15, 0.2) is 71.7 Å². The van der Waals surface area contributed by atoms with Gasteiger partial charge in [0.1, 0.15) is 16.9 Å². The molecular formula is C31H30ClN3O5. The Labute approximate surface area is 238 Å². The second kappa shape index (κ2) is 8.73. The lowest BCUT2D eigenvalue weighted by Crippen LogP contribution is -2.78. The van der Waals surface area contributed by atoms with Crippen molar-refractivity contribution in [3.8, 4) is 11.5 Å². The summed E-state index contributed by atoms with van der Waals surface area (Å²) in [6.07, 6.45) is -0.668. The summed E-state index contributed by atoms with van der Waals surface area (Å²) in [7, 11) is 3.19. The zero-order valence-corrected chi connectivity index (χ0v) is 23.9. The fourth-order valence-electron chi connectivity index (χ4n) is 6.07. The van der Waals surface area contributed by atoms with E-state index in [2.05, 4.69) is 0 Å². The van der Waals surface area contributed by atoms with Gasteiger partial charge in [-0.2, -0.15) is 0 Å². The number of β-lactam (4-membered cyclic amide) rings is 2. The molecular weight excluding hydrogens is 530 g/mol. The SMILES string of the molecule is COc1ccc(N2C(=O)C(C)(C)[C@@H]2OC2=Nc3ccc(Cl)cc3[C@@]23N(c2ccc(OC)cc2)C(=O)C3(C)C)cc1. The minimum atomic E-state index is -1.08. The molecule has 3 aliphatic heterocycles. The molecule has 1 spiro atoms. The number of methoxy groups -OCH3 is 2. The number of nitrogens with zero attached hydrogens (tertiary/aromatic N) is 3. The highest BCUT2D eigenvalue weighted by atomic mass is 35.5. The first-order chi connectivity index (χ1) is 19.0. The van der Waals surface area contributed by atoms with E-state index in [1.54, 1.807) is 42.2 Å². The second-order valence-electron chi connectivity index (χ2n) is 11.3. The number of fused-ring (bicyclic) bond motifs is 2. The van der Waals surface area contributed by atoms with Crippen LogP contribution in [0.2, 0.25) is 5.02 Å². The predicted octanol–water partition coefficient (Wildman–Crippen LogP) is 6.08. The predicted molar refractivity (Wildman–Crippen MR) is 154 cm³/mol. The summed E-state index contributed by atoms with van der Waals surface area (Å²) in [5.41, 5.74) is -0.0554. The molecule has 3 heterocycles. The van der Waals surface area contributed by atoms with Crippen molar-refractivity contribution in [2.24, 2.45) is 15.8 Å². The zero-order valence-electron chi connectivity index (χ0n) is 23.2. The molecule has 0 aliphatic carbocycles. The Hall–Kier alpha value is -4.04. The van der Waals surface area contributed by atoms with Crippen molar-refractivity contribution in [1.29, 1.82) is 0 Å². The van der Waals surface area contributed by atoms with Crippen LogP contribution in [0.3, 0.4) is 0 Å². The van der Waals surface area contributed by atoms with E-state index in [0.29, 0.717) is 39.5 Å². The van der Waals surface area contributed by atoms with Gasteiger partial charge in [0, 0.05) is 22.0 Å². The van der Waals surface area contributed by atoms with Crippen molar-refractivity contribution in [2.45, 2.75) is 39.5 Å². The van der Waals surface area contributed by atoms with Gasteiger partial charge >= 0.3 is 0 Å². The molecule has 2 atom stereocenters. The number of rotatable bonds is 5. The summed E-state index contributed by atoms with van der Waals surface area (Å²) in [5.74, 6) is 1.54. The van der Waals surface area contributed by atoms with E-state index in [4.69, 9.17) is 30.8 Å². The normalized spacial score (nSPS) is 23.8. The molecule has 40 heavy (non-hydrogen) atoms. The number of halogens is 1. The van der Waals surface area contributed by atoms with Gasteiger partial charge in [-0.05, 0) is 94.4 Å². The summed E-state index contributed by atoms with van der Waals surface area (Å²) in [6.45, 7) is 7.49. The van der Waals surface area contributed by atoms with Gasteiger partial charge in [-0.3, -0.25) is 19.4 Å². The molecule has 0 aromatic heterocycles. The van der Waals surface area contributed by atoms with Gasteiger partial charge in [0.15, 0.2) is 11.8 Å². The zero-order chi connectivity index (χ0) is 28.6. The third-order valence-corrected chi connectivity index (χ3v) is 8.62. The van der Waals surface area contributed by atoms with Crippen LogP contribution in [0.5, 0.6) is 11.5 Å². The molecule has 3 aromatic rings. The highest BCUT2D eigenvalue weighted by Gasteiger charge is 2.74. The molecule has 3 aromatic carbocycles. The van der Waals surface area contributed by atoms with Gasteiger partial charge in [-0.15, -0.1) is 0 Å². The molecule has 9 heteroatoms. The maximum absolute atomic E-state index is 13.8. The van der Waals surface area contributed by atoms with Crippen LogP contribution >= 0.6 is 11.6 Å². The number of hydrogen-bond acceptors (Lipinski definition) is 6. The lowest BCUT2D eigenvalue weighted by atomic mass is 9.59. The Bertz CT molecular complexity index is 1560. The van der Waals surface area contributed by atoms with E-state index in [1.165, 1.54) is 0 Å². The topological polar surface area (TPSA) is 80.7 Å². The van der Waals surface area contributed by atoms with Crippen molar-refractivity contribution < 1.29 is 23.8 Å². The number of hydrogen-bond donors (Lipinski definition) is 0. The maximum Gasteiger partial charge on any atom is 0.241 e. The van der Waals surface area contributed by atoms with Gasteiger partial charge in [0.2, 0.25) is 17.7 Å². The highest BCUT2D eigenvalue weighted by Crippen LogP contribution is 2.63. The summed E-state index contributed by atoms with van der Waals surface area (Å²) in [6, 6.07) is 20.0. The lowest BCUT2D eigenvalue weighted by Gasteiger charge is -2.62. The Morgan fingerprint density at radius 1 is 0.800 bits per heavy atom. The quantitative estimate of drug-likeness (QED) is 0.354. The number of carbonyl (C=O) groups excluding carboxylic acids is 2. The van der Waals surface area contributed by atoms with Gasteiger partial charge in [0.05, 0.1) is 25.3 Å². The van der Waals surface area contributed by atoms with Crippen LogP contribution in [0, 0.1) is 10.8 Å².